The number of carbonyl (C=O) groups is 1. The molecule has 0 aromatic carbocycles. The van der Waals surface area contributed by atoms with Gasteiger partial charge in [-0.05, 0) is 51.4 Å². The summed E-state index contributed by atoms with van der Waals surface area (Å²) in [6, 6.07) is -0.845. The lowest BCUT2D eigenvalue weighted by Gasteiger charge is -2.25. The molecule has 0 aliphatic heterocycles. The quantitative estimate of drug-likeness (QED) is 0.0243. The topological polar surface area (TPSA) is 105 Å². The molecule has 73 heavy (non-hydrogen) atoms. The first-order chi connectivity index (χ1) is 35.5. The molecule has 0 aliphatic rings. The van der Waals surface area contributed by atoms with E-state index >= 15 is 0 Å². The fraction of sp³-hybridized carbons (Fsp3) is 0.891. The summed E-state index contributed by atoms with van der Waals surface area (Å²) in [7, 11) is 1.58. The van der Waals surface area contributed by atoms with Gasteiger partial charge in [0.05, 0.1) is 39.9 Å². The molecular formula is C64H126N2O6P+. The first-order valence-corrected chi connectivity index (χ1v) is 33.4. The molecule has 3 atom stereocenters. The molecule has 3 N–H and O–H groups in total. The summed E-state index contributed by atoms with van der Waals surface area (Å²) in [6.07, 6.45) is 72.8. The smallest absolute Gasteiger partial charge is 0.387 e. The second-order valence-electron chi connectivity index (χ2n) is 23.1. The second-order valence-corrected chi connectivity index (χ2v) is 24.6. The molecule has 0 heterocycles. The molecule has 0 aliphatic carbocycles. The average Bonchev–Trinajstić information content (AvgIpc) is 3.35. The summed E-state index contributed by atoms with van der Waals surface area (Å²) in [5.74, 6) is -0.173. The van der Waals surface area contributed by atoms with Crippen LogP contribution in [0.15, 0.2) is 36.5 Å². The minimum Gasteiger partial charge on any atom is -0.387 e. The number of nitrogens with one attached hydrogen (secondary N) is 1. The van der Waals surface area contributed by atoms with Gasteiger partial charge < -0.3 is 19.8 Å². The first kappa shape index (κ1) is 71.7. The van der Waals surface area contributed by atoms with E-state index in [4.69, 9.17) is 9.05 Å². The number of phosphoric ester groups is 1. The lowest BCUT2D eigenvalue weighted by atomic mass is 10.0. The summed E-state index contributed by atoms with van der Waals surface area (Å²) in [5.41, 5.74) is 0. The van der Waals surface area contributed by atoms with E-state index in [0.717, 1.165) is 44.9 Å². The van der Waals surface area contributed by atoms with Gasteiger partial charge in [0.2, 0.25) is 5.91 Å². The van der Waals surface area contributed by atoms with Crippen molar-refractivity contribution in [2.24, 2.45) is 0 Å². The molecular weight excluding hydrogens is 924 g/mol. The van der Waals surface area contributed by atoms with Crippen molar-refractivity contribution in [2.75, 3.05) is 40.9 Å². The number of hydrogen-bond donors (Lipinski definition) is 3. The van der Waals surface area contributed by atoms with Crippen LogP contribution in [0.25, 0.3) is 0 Å². The summed E-state index contributed by atoms with van der Waals surface area (Å²) in [6.45, 7) is 4.85. The molecule has 432 valence electrons. The third-order valence-corrected chi connectivity index (χ3v) is 15.6. The van der Waals surface area contributed by atoms with Gasteiger partial charge in [0, 0.05) is 6.42 Å². The highest BCUT2D eigenvalue weighted by Gasteiger charge is 2.28. The predicted octanol–water partition coefficient (Wildman–Crippen LogP) is 19.7. The Morgan fingerprint density at radius 1 is 0.466 bits per heavy atom. The van der Waals surface area contributed by atoms with Crippen molar-refractivity contribution in [3.8, 4) is 0 Å². The van der Waals surface area contributed by atoms with Crippen LogP contribution in [0.2, 0.25) is 0 Å². The molecule has 0 saturated carbocycles. The fourth-order valence-corrected chi connectivity index (χ4v) is 10.3. The summed E-state index contributed by atoms with van der Waals surface area (Å²) < 4.78 is 23.7. The number of likely N-dealkylation sites (N-methyl/N-ethyl adjacent to an activating group) is 1. The minimum absolute atomic E-state index is 0.0628. The normalized spacial score (nSPS) is 14.0. The van der Waals surface area contributed by atoms with E-state index < -0.39 is 20.0 Å². The van der Waals surface area contributed by atoms with E-state index in [2.05, 4.69) is 43.5 Å². The molecule has 0 spiro atoms. The van der Waals surface area contributed by atoms with Gasteiger partial charge in [0.15, 0.2) is 0 Å². The lowest BCUT2D eigenvalue weighted by molar-refractivity contribution is -0.870. The van der Waals surface area contributed by atoms with Gasteiger partial charge >= 0.3 is 7.82 Å². The first-order valence-electron chi connectivity index (χ1n) is 31.9. The molecule has 0 fully saturated rings. The molecule has 0 aromatic rings. The van der Waals surface area contributed by atoms with Crippen LogP contribution in [0.4, 0.5) is 0 Å². The van der Waals surface area contributed by atoms with Crippen LogP contribution in [0.5, 0.6) is 0 Å². The summed E-state index contributed by atoms with van der Waals surface area (Å²) >= 11 is 0. The van der Waals surface area contributed by atoms with Crippen LogP contribution in [0, 0.1) is 0 Å². The van der Waals surface area contributed by atoms with Crippen molar-refractivity contribution in [1.29, 1.82) is 0 Å². The molecule has 0 rings (SSSR count). The van der Waals surface area contributed by atoms with Crippen LogP contribution in [0.3, 0.4) is 0 Å². The molecule has 9 heteroatoms. The van der Waals surface area contributed by atoms with Crippen molar-refractivity contribution in [2.45, 2.75) is 328 Å². The number of nitrogens with zero attached hydrogens (tertiary/aromatic N) is 1. The minimum atomic E-state index is -4.34. The molecule has 0 radical (unpaired) electrons. The lowest BCUT2D eigenvalue weighted by Crippen LogP contribution is -2.45. The van der Waals surface area contributed by atoms with Gasteiger partial charge in [-0.2, -0.15) is 0 Å². The highest BCUT2D eigenvalue weighted by atomic mass is 31.2. The van der Waals surface area contributed by atoms with Gasteiger partial charge in [0.1, 0.15) is 13.2 Å². The van der Waals surface area contributed by atoms with Crippen molar-refractivity contribution in [1.82, 2.24) is 5.32 Å². The number of allylic oxidation sites excluding steroid dienone is 5. The number of carbonyl (C=O) groups excluding carboxylic acids is 1. The van der Waals surface area contributed by atoms with Gasteiger partial charge in [-0.25, -0.2) is 4.57 Å². The Labute approximate surface area is 455 Å². The Balaban J connectivity index is 3.94. The van der Waals surface area contributed by atoms with Crippen LogP contribution in [0.1, 0.15) is 316 Å². The monoisotopic (exact) mass is 1050 g/mol. The predicted molar refractivity (Wildman–Crippen MR) is 318 cm³/mol. The average molecular weight is 1050 g/mol. The van der Waals surface area contributed by atoms with Crippen molar-refractivity contribution in [3.63, 3.8) is 0 Å². The molecule has 0 aromatic heterocycles. The van der Waals surface area contributed by atoms with Crippen LogP contribution >= 0.6 is 7.82 Å². The second kappa shape index (κ2) is 55.5. The molecule has 1 amide bonds. The highest BCUT2D eigenvalue weighted by molar-refractivity contribution is 7.47. The van der Waals surface area contributed by atoms with Crippen molar-refractivity contribution < 1.29 is 32.9 Å². The Bertz CT molecular complexity index is 1280. The van der Waals surface area contributed by atoms with Crippen LogP contribution in [-0.2, 0) is 18.4 Å². The Morgan fingerprint density at radius 2 is 0.781 bits per heavy atom. The maximum Gasteiger partial charge on any atom is 0.472 e. The number of phosphoric acid groups is 1. The van der Waals surface area contributed by atoms with Gasteiger partial charge in [-0.15, -0.1) is 0 Å². The number of aliphatic hydroxyl groups excluding tert-OH is 1. The molecule has 3 unspecified atom stereocenters. The van der Waals surface area contributed by atoms with E-state index in [9.17, 15) is 19.4 Å². The number of unbranched alkanes of at least 4 members (excludes halogenated alkanes) is 42. The van der Waals surface area contributed by atoms with E-state index in [1.165, 1.54) is 250 Å². The van der Waals surface area contributed by atoms with Crippen molar-refractivity contribution >= 4 is 13.7 Å². The standard InChI is InChI=1S/C64H125N2O6P/c1-6-8-10-12-14-16-18-20-22-23-24-25-26-27-28-29-30-31-32-33-34-35-36-37-38-39-40-41-42-43-44-46-48-50-52-54-56-58-64(68)65-62(61-72-73(69,70)71-60-59-66(3,4)5)63(67)57-55-53-51-49-47-45-21-19-17-15-13-11-9-7-2/h28-29,31-32,55,57,62-63,67H,6-27,30,33-54,56,58-61H2,1-5H3,(H-,65,68,69,70)/p+1/b29-28-,32-31-,57-55+. The zero-order chi connectivity index (χ0) is 53.5. The Kier molecular flexibility index (Phi) is 54.5. The summed E-state index contributed by atoms with van der Waals surface area (Å²) in [4.78, 5) is 23.3. The van der Waals surface area contributed by atoms with E-state index in [1.54, 1.807) is 6.08 Å². The third kappa shape index (κ3) is 58.2. The Morgan fingerprint density at radius 3 is 1.12 bits per heavy atom. The third-order valence-electron chi connectivity index (χ3n) is 14.6. The molecule has 0 saturated heterocycles. The number of amides is 1. The zero-order valence-electron chi connectivity index (χ0n) is 49.4. The van der Waals surface area contributed by atoms with E-state index in [0.29, 0.717) is 17.4 Å². The van der Waals surface area contributed by atoms with Crippen LogP contribution in [-0.4, -0.2) is 73.4 Å². The van der Waals surface area contributed by atoms with Crippen LogP contribution < -0.4 is 5.32 Å². The number of quaternary nitrogens is 1. The number of rotatable bonds is 59. The van der Waals surface area contributed by atoms with Gasteiger partial charge in [-0.1, -0.05) is 294 Å². The van der Waals surface area contributed by atoms with Gasteiger partial charge in [-0.3, -0.25) is 13.8 Å². The zero-order valence-corrected chi connectivity index (χ0v) is 50.3. The number of hydrogen-bond acceptors (Lipinski definition) is 5. The van der Waals surface area contributed by atoms with E-state index in [-0.39, 0.29) is 19.1 Å². The Hall–Kier alpha value is -1.28. The molecule has 8 nitrogen and oxygen atoms in total. The van der Waals surface area contributed by atoms with Gasteiger partial charge in [0.25, 0.3) is 0 Å². The summed E-state index contributed by atoms with van der Waals surface area (Å²) in [5, 5.41) is 13.9. The maximum atomic E-state index is 13.0. The largest absolute Gasteiger partial charge is 0.472 e. The maximum absolute atomic E-state index is 13.0. The number of aliphatic hydroxyl groups is 1. The molecule has 0 bridgehead atoms. The van der Waals surface area contributed by atoms with Crippen molar-refractivity contribution in [3.05, 3.63) is 36.5 Å². The van der Waals surface area contributed by atoms with E-state index in [1.807, 2.05) is 27.2 Å². The SMILES string of the molecule is CCCCCCCCCCCCCC/C=C/C(O)C(COP(=O)(O)OCC[N+](C)(C)C)NC(=O)CCCCCCCCCCCCCCCCCCC/C=C\C/C=C\CCCCCCCCCCCCCCC. The fourth-order valence-electron chi connectivity index (χ4n) is 9.61. The highest BCUT2D eigenvalue weighted by Crippen LogP contribution is 2.43.